The Morgan fingerprint density at radius 1 is 1.62 bits per heavy atom. The van der Waals surface area contributed by atoms with E-state index in [1.165, 1.54) is 19.4 Å². The standard InChI is InChI=1S/C5H11ClNP/c6-5-2-1-3-7(8)4-5/h5H,1-4,8H2. The van der Waals surface area contributed by atoms with Crippen LogP contribution >= 0.6 is 21.0 Å². The van der Waals surface area contributed by atoms with Crippen LogP contribution in [0.4, 0.5) is 0 Å². The fourth-order valence-corrected chi connectivity index (χ4v) is 1.86. The number of alkyl halides is 1. The fraction of sp³-hybridized carbons (Fsp3) is 1.00. The number of hydrogen-bond donors (Lipinski definition) is 0. The predicted octanol–water partition coefficient (Wildman–Crippen LogP) is 1.48. The number of halogens is 1. The van der Waals surface area contributed by atoms with Crippen LogP contribution in [0, 0.1) is 0 Å². The summed E-state index contributed by atoms with van der Waals surface area (Å²) in [5.74, 6) is 0. The highest BCUT2D eigenvalue weighted by Crippen LogP contribution is 2.16. The molecule has 1 nitrogen and oxygen atoms in total. The average Bonchev–Trinajstić information content (AvgIpc) is 1.64. The van der Waals surface area contributed by atoms with Gasteiger partial charge in [0.1, 0.15) is 0 Å². The van der Waals surface area contributed by atoms with Crippen LogP contribution in [-0.4, -0.2) is 23.1 Å². The van der Waals surface area contributed by atoms with E-state index in [2.05, 4.69) is 14.1 Å². The maximum atomic E-state index is 5.86. The van der Waals surface area contributed by atoms with Gasteiger partial charge in [0.15, 0.2) is 0 Å². The summed E-state index contributed by atoms with van der Waals surface area (Å²) in [5, 5.41) is 0.390. The quantitative estimate of drug-likeness (QED) is 0.375. The van der Waals surface area contributed by atoms with Crippen LogP contribution in [0.15, 0.2) is 0 Å². The van der Waals surface area contributed by atoms with Crippen molar-refractivity contribution in [3.63, 3.8) is 0 Å². The first kappa shape index (κ1) is 6.80. The second-order valence-electron chi connectivity index (χ2n) is 2.23. The smallest absolute Gasteiger partial charge is 0.0466 e. The Morgan fingerprint density at radius 2 is 2.38 bits per heavy atom. The Labute approximate surface area is 57.6 Å². The first-order valence-electron chi connectivity index (χ1n) is 2.93. The van der Waals surface area contributed by atoms with E-state index < -0.39 is 0 Å². The third-order valence-corrected chi connectivity index (χ3v) is 2.22. The lowest BCUT2D eigenvalue weighted by atomic mass is 10.2. The van der Waals surface area contributed by atoms with Gasteiger partial charge in [0.2, 0.25) is 0 Å². The molecular formula is C5H11ClNP. The molecule has 0 aromatic carbocycles. The van der Waals surface area contributed by atoms with E-state index in [0.717, 1.165) is 6.54 Å². The first-order valence-corrected chi connectivity index (χ1v) is 3.88. The topological polar surface area (TPSA) is 3.24 Å². The van der Waals surface area contributed by atoms with E-state index in [0.29, 0.717) is 5.38 Å². The van der Waals surface area contributed by atoms with Crippen LogP contribution in [0.2, 0.25) is 0 Å². The number of rotatable bonds is 0. The van der Waals surface area contributed by atoms with E-state index in [4.69, 9.17) is 11.6 Å². The summed E-state index contributed by atoms with van der Waals surface area (Å²) < 4.78 is 2.20. The third-order valence-electron chi connectivity index (χ3n) is 1.40. The monoisotopic (exact) mass is 151 g/mol. The summed E-state index contributed by atoms with van der Waals surface area (Å²) in [4.78, 5) is 0. The fourth-order valence-electron chi connectivity index (χ4n) is 0.953. The number of hydrogen-bond acceptors (Lipinski definition) is 1. The minimum Gasteiger partial charge on any atom is -0.286 e. The third kappa shape index (κ3) is 1.89. The van der Waals surface area contributed by atoms with Crippen LogP contribution in [0.25, 0.3) is 0 Å². The van der Waals surface area contributed by atoms with Crippen LogP contribution < -0.4 is 0 Å². The molecule has 2 atom stereocenters. The number of nitrogens with zero attached hydrogens (tertiary/aromatic N) is 1. The van der Waals surface area contributed by atoms with Gasteiger partial charge in [0.25, 0.3) is 0 Å². The Bertz CT molecular complexity index is 70.8. The molecule has 0 radical (unpaired) electrons. The van der Waals surface area contributed by atoms with Gasteiger partial charge in [0, 0.05) is 18.5 Å². The zero-order valence-corrected chi connectivity index (χ0v) is 6.72. The molecule has 0 spiro atoms. The molecular weight excluding hydrogens is 140 g/mol. The van der Waals surface area contributed by atoms with Crippen molar-refractivity contribution in [3.05, 3.63) is 0 Å². The maximum Gasteiger partial charge on any atom is 0.0466 e. The molecule has 3 heteroatoms. The molecule has 48 valence electrons. The summed E-state index contributed by atoms with van der Waals surface area (Å²) in [6.45, 7) is 2.22. The van der Waals surface area contributed by atoms with E-state index in [1.807, 2.05) is 0 Å². The summed E-state index contributed by atoms with van der Waals surface area (Å²) in [5.41, 5.74) is 0. The van der Waals surface area contributed by atoms with E-state index >= 15 is 0 Å². The molecule has 1 saturated heterocycles. The lowest BCUT2D eigenvalue weighted by Gasteiger charge is -2.24. The molecule has 0 aliphatic carbocycles. The molecule has 0 amide bonds. The largest absolute Gasteiger partial charge is 0.286 e. The van der Waals surface area contributed by atoms with E-state index in [9.17, 15) is 0 Å². The van der Waals surface area contributed by atoms with E-state index in [-0.39, 0.29) is 0 Å². The van der Waals surface area contributed by atoms with Gasteiger partial charge >= 0.3 is 0 Å². The lowest BCUT2D eigenvalue weighted by Crippen LogP contribution is -2.27. The van der Waals surface area contributed by atoms with Crippen molar-refractivity contribution in [1.82, 2.24) is 4.67 Å². The highest BCUT2D eigenvalue weighted by Gasteiger charge is 2.13. The van der Waals surface area contributed by atoms with Crippen molar-refractivity contribution in [2.75, 3.05) is 13.1 Å². The molecule has 0 aromatic heterocycles. The SMILES string of the molecule is PN1CCCC(Cl)C1. The van der Waals surface area contributed by atoms with Crippen molar-refractivity contribution in [2.45, 2.75) is 18.2 Å². The Kier molecular flexibility index (Phi) is 2.55. The molecule has 8 heavy (non-hydrogen) atoms. The van der Waals surface area contributed by atoms with Gasteiger partial charge in [-0.2, -0.15) is 0 Å². The predicted molar refractivity (Wildman–Crippen MR) is 40.2 cm³/mol. The molecule has 1 heterocycles. The second kappa shape index (κ2) is 3.00. The normalized spacial score (nSPS) is 33.0. The molecule has 1 aliphatic heterocycles. The summed E-state index contributed by atoms with van der Waals surface area (Å²) in [6.07, 6.45) is 2.43. The van der Waals surface area contributed by atoms with E-state index in [1.54, 1.807) is 0 Å². The van der Waals surface area contributed by atoms with Crippen molar-refractivity contribution < 1.29 is 0 Å². The maximum absolute atomic E-state index is 5.86. The molecule has 0 N–H and O–H groups in total. The minimum atomic E-state index is 0.390. The Hall–Kier alpha value is 0.680. The zero-order valence-electron chi connectivity index (χ0n) is 4.81. The van der Waals surface area contributed by atoms with Crippen molar-refractivity contribution in [1.29, 1.82) is 0 Å². The summed E-state index contributed by atoms with van der Waals surface area (Å²) in [7, 11) is 2.68. The molecule has 1 fully saturated rings. The van der Waals surface area contributed by atoms with Crippen LogP contribution in [0.1, 0.15) is 12.8 Å². The van der Waals surface area contributed by atoms with Crippen LogP contribution in [-0.2, 0) is 0 Å². The van der Waals surface area contributed by atoms with Crippen molar-refractivity contribution in [2.24, 2.45) is 0 Å². The summed E-state index contributed by atoms with van der Waals surface area (Å²) >= 11 is 5.86. The van der Waals surface area contributed by atoms with Gasteiger partial charge in [-0.05, 0) is 12.8 Å². The van der Waals surface area contributed by atoms with Gasteiger partial charge in [0.05, 0.1) is 0 Å². The van der Waals surface area contributed by atoms with Gasteiger partial charge in [-0.15, -0.1) is 11.6 Å². The molecule has 0 bridgehead atoms. The van der Waals surface area contributed by atoms with Gasteiger partial charge in [-0.25, -0.2) is 0 Å². The molecule has 0 saturated carbocycles. The molecule has 1 rings (SSSR count). The zero-order chi connectivity index (χ0) is 5.98. The molecule has 0 aromatic rings. The molecule has 2 unspecified atom stereocenters. The van der Waals surface area contributed by atoms with Gasteiger partial charge in [-0.1, -0.05) is 9.39 Å². The molecule has 1 aliphatic rings. The second-order valence-corrected chi connectivity index (χ2v) is 3.58. The average molecular weight is 152 g/mol. The Morgan fingerprint density at radius 3 is 2.75 bits per heavy atom. The van der Waals surface area contributed by atoms with Crippen molar-refractivity contribution >= 4 is 21.0 Å². The minimum absolute atomic E-state index is 0.390. The van der Waals surface area contributed by atoms with Crippen LogP contribution in [0.3, 0.4) is 0 Å². The van der Waals surface area contributed by atoms with Gasteiger partial charge in [-0.3, -0.25) is 4.67 Å². The lowest BCUT2D eigenvalue weighted by molar-refractivity contribution is 0.384. The number of piperidine rings is 1. The highest BCUT2D eigenvalue weighted by atomic mass is 35.5. The Balaban J connectivity index is 2.23. The van der Waals surface area contributed by atoms with Gasteiger partial charge < -0.3 is 0 Å². The first-order chi connectivity index (χ1) is 3.79. The van der Waals surface area contributed by atoms with Crippen LogP contribution in [0.5, 0.6) is 0 Å². The van der Waals surface area contributed by atoms with Crippen molar-refractivity contribution in [3.8, 4) is 0 Å². The highest BCUT2D eigenvalue weighted by molar-refractivity contribution is 7.13. The summed E-state index contributed by atoms with van der Waals surface area (Å²) in [6, 6.07) is 0.